The van der Waals surface area contributed by atoms with Gasteiger partial charge in [-0.1, -0.05) is 98.9 Å². The molecule has 26 heavy (non-hydrogen) atoms. The zero-order valence-electron chi connectivity index (χ0n) is 15.9. The largest absolute Gasteiger partial charge is 0.0833 e. The van der Waals surface area contributed by atoms with Crippen LogP contribution in [0.25, 0.3) is 10.8 Å². The number of benzene rings is 2. The summed E-state index contributed by atoms with van der Waals surface area (Å²) in [5.41, 5.74) is 3.24. The molecule has 0 heterocycles. The SMILES string of the molecule is CCC1(c2ccc3ccccc3c2C2(CC)C=CC=CC2)C=CC=CC1. The topological polar surface area (TPSA) is 0 Å². The summed E-state index contributed by atoms with van der Waals surface area (Å²) in [4.78, 5) is 0. The van der Waals surface area contributed by atoms with Gasteiger partial charge in [-0.3, -0.25) is 0 Å². The van der Waals surface area contributed by atoms with Gasteiger partial charge in [0, 0.05) is 10.8 Å². The first kappa shape index (κ1) is 17.1. The van der Waals surface area contributed by atoms with E-state index in [1.54, 1.807) is 5.56 Å². The van der Waals surface area contributed by atoms with E-state index in [-0.39, 0.29) is 10.8 Å². The third kappa shape index (κ3) is 2.60. The van der Waals surface area contributed by atoms with Crippen LogP contribution in [0.5, 0.6) is 0 Å². The Bertz CT molecular complexity index is 924. The number of fused-ring (bicyclic) bond motifs is 1. The first-order valence-electron chi connectivity index (χ1n) is 9.96. The number of hydrogen-bond donors (Lipinski definition) is 0. The fourth-order valence-electron chi connectivity index (χ4n) is 4.83. The van der Waals surface area contributed by atoms with Gasteiger partial charge in [0.05, 0.1) is 0 Å². The van der Waals surface area contributed by atoms with Crippen LogP contribution in [0.15, 0.2) is 85.0 Å². The van der Waals surface area contributed by atoms with Gasteiger partial charge in [0.25, 0.3) is 0 Å². The first-order valence-corrected chi connectivity index (χ1v) is 9.96. The van der Waals surface area contributed by atoms with Gasteiger partial charge in [0.15, 0.2) is 0 Å². The maximum atomic E-state index is 2.45. The first-order chi connectivity index (χ1) is 12.7. The van der Waals surface area contributed by atoms with E-state index in [0.29, 0.717) is 0 Å². The van der Waals surface area contributed by atoms with Crippen molar-refractivity contribution in [3.63, 3.8) is 0 Å². The summed E-state index contributed by atoms with van der Waals surface area (Å²) < 4.78 is 0. The van der Waals surface area contributed by atoms with Crippen molar-refractivity contribution >= 4 is 10.8 Å². The van der Waals surface area contributed by atoms with Crippen LogP contribution < -0.4 is 0 Å². The van der Waals surface area contributed by atoms with Crippen LogP contribution in [0.3, 0.4) is 0 Å². The Morgan fingerprint density at radius 2 is 1.38 bits per heavy atom. The molecule has 0 saturated heterocycles. The maximum Gasteiger partial charge on any atom is 0.0176 e. The van der Waals surface area contributed by atoms with Gasteiger partial charge < -0.3 is 0 Å². The average molecular weight is 341 g/mol. The molecule has 0 N–H and O–H groups in total. The molecule has 2 aromatic carbocycles. The van der Waals surface area contributed by atoms with E-state index in [1.807, 2.05) is 0 Å². The molecule has 0 aliphatic heterocycles. The van der Waals surface area contributed by atoms with Crippen LogP contribution in [-0.4, -0.2) is 0 Å². The summed E-state index contributed by atoms with van der Waals surface area (Å²) >= 11 is 0. The fourth-order valence-corrected chi connectivity index (χ4v) is 4.83. The van der Waals surface area contributed by atoms with E-state index < -0.39 is 0 Å². The molecule has 2 aromatic rings. The molecule has 0 spiro atoms. The zero-order chi connectivity index (χ0) is 18.0. The predicted molar refractivity (Wildman–Crippen MR) is 114 cm³/mol. The van der Waals surface area contributed by atoms with Gasteiger partial charge in [0.2, 0.25) is 0 Å². The lowest BCUT2D eigenvalue weighted by Gasteiger charge is -2.40. The second-order valence-corrected chi connectivity index (χ2v) is 7.71. The van der Waals surface area contributed by atoms with Gasteiger partial charge in [0.1, 0.15) is 0 Å². The monoisotopic (exact) mass is 340 g/mol. The van der Waals surface area contributed by atoms with Crippen molar-refractivity contribution in [2.45, 2.75) is 50.4 Å². The molecule has 0 radical (unpaired) electrons. The molecule has 2 aliphatic rings. The molecular formula is C26H28. The normalized spacial score (nSPS) is 27.3. The molecule has 0 heteroatoms. The highest BCUT2D eigenvalue weighted by atomic mass is 14.4. The zero-order valence-corrected chi connectivity index (χ0v) is 15.9. The number of allylic oxidation sites excluding steroid dienone is 8. The molecule has 0 saturated carbocycles. The van der Waals surface area contributed by atoms with Gasteiger partial charge >= 0.3 is 0 Å². The highest BCUT2D eigenvalue weighted by Crippen LogP contribution is 2.48. The third-order valence-electron chi connectivity index (χ3n) is 6.51. The molecule has 2 aliphatic carbocycles. The van der Waals surface area contributed by atoms with Crippen LogP contribution in [0.1, 0.15) is 50.7 Å². The molecule has 4 rings (SSSR count). The standard InChI is InChI=1S/C26H28/c1-3-25(17-9-5-10-18-25)23-16-15-21-13-7-8-14-22(21)24(23)26(4-2)19-11-6-12-20-26/h5-17,19H,3-4,18,20H2,1-2H3. The van der Waals surface area contributed by atoms with Gasteiger partial charge in [-0.05, 0) is 47.6 Å². The van der Waals surface area contributed by atoms with Crippen LogP contribution in [-0.2, 0) is 10.8 Å². The molecule has 0 aromatic heterocycles. The smallest absolute Gasteiger partial charge is 0.0176 e. The summed E-state index contributed by atoms with van der Waals surface area (Å²) in [6.45, 7) is 4.67. The van der Waals surface area contributed by atoms with E-state index in [9.17, 15) is 0 Å². The molecule has 0 amide bonds. The molecule has 2 atom stereocenters. The highest BCUT2D eigenvalue weighted by molar-refractivity contribution is 5.89. The van der Waals surface area contributed by atoms with Gasteiger partial charge in [-0.2, -0.15) is 0 Å². The minimum absolute atomic E-state index is 0.0854. The summed E-state index contributed by atoms with van der Waals surface area (Å²) in [6, 6.07) is 13.7. The van der Waals surface area contributed by atoms with Crippen molar-refractivity contribution in [1.29, 1.82) is 0 Å². The van der Waals surface area contributed by atoms with E-state index in [4.69, 9.17) is 0 Å². The Morgan fingerprint density at radius 3 is 2.00 bits per heavy atom. The lowest BCUT2D eigenvalue weighted by molar-refractivity contribution is 0.472. The average Bonchev–Trinajstić information content (AvgIpc) is 2.74. The van der Waals surface area contributed by atoms with E-state index in [0.717, 1.165) is 25.7 Å². The minimum atomic E-state index is 0.0854. The second-order valence-electron chi connectivity index (χ2n) is 7.71. The van der Waals surface area contributed by atoms with Crippen LogP contribution in [0.2, 0.25) is 0 Å². The quantitative estimate of drug-likeness (QED) is 0.553. The van der Waals surface area contributed by atoms with Crippen LogP contribution >= 0.6 is 0 Å². The summed E-state index contributed by atoms with van der Waals surface area (Å²) in [5, 5.41) is 2.77. The van der Waals surface area contributed by atoms with Crippen molar-refractivity contribution in [3.05, 3.63) is 96.1 Å². The summed E-state index contributed by atoms with van der Waals surface area (Å²) in [5.74, 6) is 0. The number of hydrogen-bond acceptors (Lipinski definition) is 0. The Hall–Kier alpha value is -2.34. The van der Waals surface area contributed by atoms with Gasteiger partial charge in [-0.15, -0.1) is 0 Å². The lowest BCUT2D eigenvalue weighted by atomic mass is 9.63. The maximum absolute atomic E-state index is 2.45. The fraction of sp³-hybridized carbons (Fsp3) is 0.308. The minimum Gasteiger partial charge on any atom is -0.0833 e. The van der Waals surface area contributed by atoms with Crippen molar-refractivity contribution in [2.24, 2.45) is 0 Å². The van der Waals surface area contributed by atoms with Gasteiger partial charge in [-0.25, -0.2) is 0 Å². The highest BCUT2D eigenvalue weighted by Gasteiger charge is 2.38. The Kier molecular flexibility index (Phi) is 4.44. The van der Waals surface area contributed by atoms with Crippen molar-refractivity contribution in [3.8, 4) is 0 Å². The second kappa shape index (κ2) is 6.76. The van der Waals surface area contributed by atoms with Crippen LogP contribution in [0, 0.1) is 0 Å². The number of rotatable bonds is 4. The molecule has 2 unspecified atom stereocenters. The third-order valence-corrected chi connectivity index (χ3v) is 6.51. The molecule has 132 valence electrons. The van der Waals surface area contributed by atoms with Crippen molar-refractivity contribution in [1.82, 2.24) is 0 Å². The van der Waals surface area contributed by atoms with E-state index in [2.05, 4.69) is 98.9 Å². The van der Waals surface area contributed by atoms with E-state index >= 15 is 0 Å². The Labute approximate surface area is 157 Å². The Morgan fingerprint density at radius 1 is 0.731 bits per heavy atom. The van der Waals surface area contributed by atoms with Crippen molar-refractivity contribution in [2.75, 3.05) is 0 Å². The molecule has 0 fully saturated rings. The molecular weight excluding hydrogens is 312 g/mol. The van der Waals surface area contributed by atoms with E-state index in [1.165, 1.54) is 16.3 Å². The lowest BCUT2D eigenvalue weighted by Crippen LogP contribution is -2.32. The van der Waals surface area contributed by atoms with Crippen molar-refractivity contribution < 1.29 is 0 Å². The molecule has 0 bridgehead atoms. The Balaban J connectivity index is 2.05. The predicted octanol–water partition coefficient (Wildman–Crippen LogP) is 7.17. The summed E-state index contributed by atoms with van der Waals surface area (Å²) in [7, 11) is 0. The summed E-state index contributed by atoms with van der Waals surface area (Å²) in [6.07, 6.45) is 22.8. The van der Waals surface area contributed by atoms with Crippen LogP contribution in [0.4, 0.5) is 0 Å². The molecule has 0 nitrogen and oxygen atoms in total.